The third kappa shape index (κ3) is 3.59. The summed E-state index contributed by atoms with van der Waals surface area (Å²) < 4.78 is 12.4. The van der Waals surface area contributed by atoms with Crippen LogP contribution in [0.5, 0.6) is 11.5 Å². The lowest BCUT2D eigenvalue weighted by Gasteiger charge is -2.07. The van der Waals surface area contributed by atoms with E-state index in [2.05, 4.69) is 20.8 Å². The topological polar surface area (TPSA) is 107 Å². The van der Waals surface area contributed by atoms with E-state index in [4.69, 9.17) is 9.47 Å². The van der Waals surface area contributed by atoms with Crippen molar-refractivity contribution in [2.75, 3.05) is 17.9 Å². The first-order valence-electron chi connectivity index (χ1n) is 8.13. The minimum absolute atomic E-state index is 0.0746. The van der Waals surface area contributed by atoms with Crippen molar-refractivity contribution in [1.29, 1.82) is 0 Å². The number of ether oxygens (including phenoxy) is 2. The summed E-state index contributed by atoms with van der Waals surface area (Å²) in [4.78, 5) is 23.9. The molecule has 0 spiro atoms. The molecule has 1 aliphatic carbocycles. The van der Waals surface area contributed by atoms with E-state index >= 15 is 0 Å². The van der Waals surface area contributed by atoms with Crippen LogP contribution in [0.15, 0.2) is 23.4 Å². The van der Waals surface area contributed by atoms with Crippen molar-refractivity contribution in [1.82, 2.24) is 20.1 Å². The Hall–Kier alpha value is -2.75. The van der Waals surface area contributed by atoms with Gasteiger partial charge in [-0.3, -0.25) is 10.1 Å². The predicted octanol–water partition coefficient (Wildman–Crippen LogP) is 1.86. The molecule has 1 aromatic heterocycles. The van der Waals surface area contributed by atoms with Crippen molar-refractivity contribution >= 4 is 29.4 Å². The molecular formula is C16H17N5O4S. The predicted molar refractivity (Wildman–Crippen MR) is 93.4 cm³/mol. The van der Waals surface area contributed by atoms with Gasteiger partial charge in [-0.2, -0.15) is 0 Å². The highest BCUT2D eigenvalue weighted by Crippen LogP contribution is 2.39. The second kappa shape index (κ2) is 6.87. The highest BCUT2D eigenvalue weighted by Gasteiger charge is 2.29. The van der Waals surface area contributed by atoms with Crippen molar-refractivity contribution < 1.29 is 19.1 Å². The molecule has 9 nitrogen and oxygen atoms in total. The maximum absolute atomic E-state index is 12.0. The zero-order chi connectivity index (χ0) is 18.1. The van der Waals surface area contributed by atoms with Crippen LogP contribution in [0.25, 0.3) is 0 Å². The average molecular weight is 375 g/mol. The van der Waals surface area contributed by atoms with Gasteiger partial charge in [-0.15, -0.1) is 10.2 Å². The van der Waals surface area contributed by atoms with Crippen LogP contribution < -0.4 is 20.1 Å². The Morgan fingerprint density at radius 3 is 2.88 bits per heavy atom. The molecule has 136 valence electrons. The number of hydrogen-bond donors (Lipinski definition) is 2. The van der Waals surface area contributed by atoms with Crippen LogP contribution in [-0.4, -0.2) is 39.2 Å². The molecule has 10 heteroatoms. The molecule has 0 atom stereocenters. The summed E-state index contributed by atoms with van der Waals surface area (Å²) in [5, 5.41) is 13.8. The number of aromatic nitrogens is 3. The number of urea groups is 1. The Morgan fingerprint density at radius 1 is 1.27 bits per heavy atom. The fraction of sp³-hybridized carbons (Fsp3) is 0.375. The zero-order valence-corrected chi connectivity index (χ0v) is 14.8. The summed E-state index contributed by atoms with van der Waals surface area (Å²) in [5.74, 6) is 2.28. The van der Waals surface area contributed by atoms with Crippen LogP contribution >= 0.6 is 11.8 Å². The monoisotopic (exact) mass is 375 g/mol. The number of rotatable bonds is 5. The van der Waals surface area contributed by atoms with Crippen molar-refractivity contribution in [3.8, 4) is 11.5 Å². The molecule has 2 heterocycles. The molecule has 26 heavy (non-hydrogen) atoms. The van der Waals surface area contributed by atoms with Gasteiger partial charge in [-0.1, -0.05) is 11.8 Å². The summed E-state index contributed by atoms with van der Waals surface area (Å²) in [7, 11) is 1.89. The normalized spacial score (nSPS) is 15.0. The van der Waals surface area contributed by atoms with E-state index in [0.717, 1.165) is 18.7 Å². The fourth-order valence-corrected chi connectivity index (χ4v) is 3.30. The number of hydrogen-bond acceptors (Lipinski definition) is 7. The van der Waals surface area contributed by atoms with Crippen LogP contribution in [-0.2, 0) is 11.8 Å². The van der Waals surface area contributed by atoms with Gasteiger partial charge in [0.1, 0.15) is 5.82 Å². The molecule has 1 saturated carbocycles. The van der Waals surface area contributed by atoms with Crippen molar-refractivity contribution in [3.63, 3.8) is 0 Å². The van der Waals surface area contributed by atoms with E-state index in [9.17, 15) is 9.59 Å². The molecule has 4 rings (SSSR count). The standard InChI is InChI=1S/C16H17N5O4S/c1-21-14(9-2-3-9)19-20-16(21)26-7-13(22)18-15(23)17-10-4-5-11-12(6-10)25-8-24-11/h4-6,9H,2-3,7-8H2,1H3,(H2,17,18,22,23). The van der Waals surface area contributed by atoms with Crippen LogP contribution in [0, 0.1) is 0 Å². The van der Waals surface area contributed by atoms with Gasteiger partial charge in [0, 0.05) is 24.7 Å². The van der Waals surface area contributed by atoms with Gasteiger partial charge in [0.25, 0.3) is 0 Å². The highest BCUT2D eigenvalue weighted by atomic mass is 32.2. The SMILES string of the molecule is Cn1c(SCC(=O)NC(=O)Nc2ccc3c(c2)OCO3)nnc1C1CC1. The lowest BCUT2D eigenvalue weighted by molar-refractivity contribution is -0.117. The number of fused-ring (bicyclic) bond motifs is 1. The van der Waals surface area contributed by atoms with Gasteiger partial charge in [0.15, 0.2) is 16.7 Å². The number of thioether (sulfide) groups is 1. The van der Waals surface area contributed by atoms with Gasteiger partial charge in [-0.05, 0) is 25.0 Å². The number of amides is 3. The molecule has 1 aliphatic heterocycles. The van der Waals surface area contributed by atoms with Crippen LogP contribution in [0.1, 0.15) is 24.6 Å². The molecule has 0 radical (unpaired) electrons. The second-order valence-corrected chi connectivity index (χ2v) is 6.98. The van der Waals surface area contributed by atoms with Crippen molar-refractivity contribution in [3.05, 3.63) is 24.0 Å². The number of carbonyl (C=O) groups excluding carboxylic acids is 2. The summed E-state index contributed by atoms with van der Waals surface area (Å²) in [6.45, 7) is 0.158. The molecule has 2 aliphatic rings. The molecule has 2 aromatic rings. The molecule has 0 saturated heterocycles. The highest BCUT2D eigenvalue weighted by molar-refractivity contribution is 7.99. The van der Waals surface area contributed by atoms with E-state index < -0.39 is 11.9 Å². The molecule has 3 amide bonds. The first kappa shape index (κ1) is 16.7. The Kier molecular flexibility index (Phi) is 4.41. The first-order valence-corrected chi connectivity index (χ1v) is 9.11. The zero-order valence-electron chi connectivity index (χ0n) is 14.0. The van der Waals surface area contributed by atoms with Gasteiger partial charge < -0.3 is 19.4 Å². The van der Waals surface area contributed by atoms with Crippen LogP contribution in [0.3, 0.4) is 0 Å². The smallest absolute Gasteiger partial charge is 0.325 e. The fourth-order valence-electron chi connectivity index (χ4n) is 2.58. The minimum Gasteiger partial charge on any atom is -0.454 e. The van der Waals surface area contributed by atoms with Gasteiger partial charge in [-0.25, -0.2) is 4.79 Å². The maximum atomic E-state index is 12.0. The van der Waals surface area contributed by atoms with E-state index in [-0.39, 0.29) is 12.5 Å². The average Bonchev–Trinajstić information content (AvgIpc) is 3.22. The molecule has 0 unspecified atom stereocenters. The second-order valence-electron chi connectivity index (χ2n) is 6.03. The Morgan fingerprint density at radius 2 is 2.08 bits per heavy atom. The summed E-state index contributed by atoms with van der Waals surface area (Å²) in [6.07, 6.45) is 2.27. The maximum Gasteiger partial charge on any atom is 0.325 e. The minimum atomic E-state index is -0.605. The van der Waals surface area contributed by atoms with Crippen LogP contribution in [0.4, 0.5) is 10.5 Å². The number of benzene rings is 1. The third-order valence-corrected chi connectivity index (χ3v) is 5.05. The number of imide groups is 1. The molecular weight excluding hydrogens is 358 g/mol. The number of anilines is 1. The lowest BCUT2D eigenvalue weighted by atomic mass is 10.3. The summed E-state index contributed by atoms with van der Waals surface area (Å²) in [5.41, 5.74) is 0.509. The largest absolute Gasteiger partial charge is 0.454 e. The number of nitrogens with one attached hydrogen (secondary N) is 2. The number of carbonyl (C=O) groups is 2. The van der Waals surface area contributed by atoms with E-state index in [1.54, 1.807) is 18.2 Å². The Labute approximate surface area is 153 Å². The van der Waals surface area contributed by atoms with E-state index in [0.29, 0.717) is 28.3 Å². The van der Waals surface area contributed by atoms with Crippen molar-refractivity contribution in [2.24, 2.45) is 7.05 Å². The molecule has 1 aromatic carbocycles. The van der Waals surface area contributed by atoms with E-state index in [1.807, 2.05) is 11.6 Å². The summed E-state index contributed by atoms with van der Waals surface area (Å²) in [6, 6.07) is 4.40. The number of nitrogens with zero attached hydrogens (tertiary/aromatic N) is 3. The molecule has 0 bridgehead atoms. The molecule has 2 N–H and O–H groups in total. The van der Waals surface area contributed by atoms with Crippen LogP contribution in [0.2, 0.25) is 0 Å². The quantitative estimate of drug-likeness (QED) is 0.768. The first-order chi connectivity index (χ1) is 12.6. The Balaban J connectivity index is 1.27. The molecule has 1 fully saturated rings. The third-order valence-electron chi connectivity index (χ3n) is 4.03. The van der Waals surface area contributed by atoms with Gasteiger partial charge in [0.05, 0.1) is 5.75 Å². The van der Waals surface area contributed by atoms with E-state index in [1.165, 1.54) is 11.8 Å². The Bertz CT molecular complexity index is 864. The summed E-state index contributed by atoms with van der Waals surface area (Å²) >= 11 is 1.25. The lowest BCUT2D eigenvalue weighted by Crippen LogP contribution is -2.35. The van der Waals surface area contributed by atoms with Crippen molar-refractivity contribution in [2.45, 2.75) is 23.9 Å². The van der Waals surface area contributed by atoms with Gasteiger partial charge >= 0.3 is 6.03 Å². The van der Waals surface area contributed by atoms with Gasteiger partial charge in [0.2, 0.25) is 12.7 Å².